The number of carbonyl (C=O) groups excluding carboxylic acids is 1. The number of hydrogen-bond donors (Lipinski definition) is 3. The maximum Gasteiger partial charge on any atom is 0.173 e. The van der Waals surface area contributed by atoms with Crippen molar-refractivity contribution in [3.63, 3.8) is 0 Å². The van der Waals surface area contributed by atoms with E-state index in [4.69, 9.17) is 10.2 Å². The Bertz CT molecular complexity index is 166. The van der Waals surface area contributed by atoms with Gasteiger partial charge in [0.05, 0.1) is 0 Å². The zero-order valence-corrected chi connectivity index (χ0v) is 7.16. The number of aliphatic hydroxyl groups excluding tert-OH is 2. The van der Waals surface area contributed by atoms with Crippen LogP contribution in [0.5, 0.6) is 0 Å². The molecule has 4 heteroatoms. The van der Waals surface area contributed by atoms with Crippen molar-refractivity contribution in [2.24, 2.45) is 5.92 Å². The summed E-state index contributed by atoms with van der Waals surface area (Å²) in [7, 11) is 0. The number of aliphatic hydroxyl groups is 2. The largest absolute Gasteiger partial charge is 0.396 e. The molecule has 0 aliphatic heterocycles. The first kappa shape index (κ1) is 9.64. The number of rotatable bonds is 4. The molecule has 1 atom stereocenters. The molecule has 1 aliphatic rings. The highest BCUT2D eigenvalue weighted by molar-refractivity contribution is 5.79. The Morgan fingerprint density at radius 1 is 1.67 bits per heavy atom. The van der Waals surface area contributed by atoms with Gasteiger partial charge in [0.15, 0.2) is 12.0 Å². The molecule has 70 valence electrons. The summed E-state index contributed by atoms with van der Waals surface area (Å²) < 4.78 is 0. The van der Waals surface area contributed by atoms with E-state index in [1.807, 2.05) is 0 Å². The lowest BCUT2D eigenvalue weighted by Gasteiger charge is -2.35. The van der Waals surface area contributed by atoms with E-state index in [-0.39, 0.29) is 18.4 Å². The van der Waals surface area contributed by atoms with Crippen LogP contribution in [0.1, 0.15) is 19.8 Å². The highest BCUT2D eigenvalue weighted by atomic mass is 16.3. The van der Waals surface area contributed by atoms with Crippen molar-refractivity contribution in [3.8, 4) is 0 Å². The molecule has 0 radical (unpaired) electrons. The number of hydrogen-bond acceptors (Lipinski definition) is 4. The van der Waals surface area contributed by atoms with Gasteiger partial charge in [0.2, 0.25) is 0 Å². The Hall–Kier alpha value is -0.450. The van der Waals surface area contributed by atoms with E-state index in [0.717, 1.165) is 12.8 Å². The van der Waals surface area contributed by atoms with E-state index in [1.165, 1.54) is 6.92 Å². The van der Waals surface area contributed by atoms with Crippen molar-refractivity contribution in [2.75, 3.05) is 6.61 Å². The summed E-state index contributed by atoms with van der Waals surface area (Å²) in [6.07, 6.45) is 0.663. The number of Topliss-reactive ketones (excluding diaryl/α,β-unsaturated/α-hetero) is 1. The Balaban J connectivity index is 2.14. The monoisotopic (exact) mass is 173 g/mol. The Kier molecular flexibility index (Phi) is 3.20. The molecule has 0 aromatic heterocycles. The van der Waals surface area contributed by atoms with E-state index < -0.39 is 6.23 Å². The summed E-state index contributed by atoms with van der Waals surface area (Å²) in [5.41, 5.74) is 0. The molecule has 4 nitrogen and oxygen atoms in total. The van der Waals surface area contributed by atoms with E-state index in [1.54, 1.807) is 0 Å². The van der Waals surface area contributed by atoms with Crippen LogP contribution in [0.15, 0.2) is 0 Å². The third-order valence-corrected chi connectivity index (χ3v) is 2.27. The first-order chi connectivity index (χ1) is 5.63. The van der Waals surface area contributed by atoms with Crippen molar-refractivity contribution in [1.82, 2.24) is 5.32 Å². The van der Waals surface area contributed by atoms with Crippen LogP contribution in [0.2, 0.25) is 0 Å². The van der Waals surface area contributed by atoms with Gasteiger partial charge in [-0.1, -0.05) is 0 Å². The minimum atomic E-state index is -1.03. The van der Waals surface area contributed by atoms with Crippen LogP contribution in [-0.2, 0) is 4.79 Å². The van der Waals surface area contributed by atoms with Gasteiger partial charge in [-0.2, -0.15) is 0 Å². The third kappa shape index (κ3) is 2.27. The second kappa shape index (κ2) is 3.98. The highest BCUT2D eigenvalue weighted by Gasteiger charge is 2.30. The zero-order valence-electron chi connectivity index (χ0n) is 7.16. The minimum Gasteiger partial charge on any atom is -0.396 e. The lowest BCUT2D eigenvalue weighted by molar-refractivity contribution is -0.127. The average molecular weight is 173 g/mol. The maximum absolute atomic E-state index is 10.6. The maximum atomic E-state index is 10.6. The number of carbonyl (C=O) groups is 1. The SMILES string of the molecule is CC(=O)C(O)NC1CC(CO)C1. The van der Waals surface area contributed by atoms with Gasteiger partial charge in [-0.15, -0.1) is 0 Å². The van der Waals surface area contributed by atoms with E-state index >= 15 is 0 Å². The normalized spacial score (nSPS) is 30.9. The van der Waals surface area contributed by atoms with Crippen molar-refractivity contribution in [2.45, 2.75) is 32.0 Å². The smallest absolute Gasteiger partial charge is 0.173 e. The van der Waals surface area contributed by atoms with Gasteiger partial charge in [0.1, 0.15) is 0 Å². The fourth-order valence-corrected chi connectivity index (χ4v) is 1.36. The van der Waals surface area contributed by atoms with Crippen LogP contribution in [-0.4, -0.2) is 34.9 Å². The summed E-state index contributed by atoms with van der Waals surface area (Å²) in [5, 5.41) is 20.6. The second-order valence-corrected chi connectivity index (χ2v) is 3.40. The van der Waals surface area contributed by atoms with Crippen LogP contribution in [0.4, 0.5) is 0 Å². The van der Waals surface area contributed by atoms with Crippen molar-refractivity contribution >= 4 is 5.78 Å². The van der Waals surface area contributed by atoms with Gasteiger partial charge >= 0.3 is 0 Å². The molecule has 0 aromatic carbocycles. The molecule has 1 unspecified atom stereocenters. The fraction of sp³-hybridized carbons (Fsp3) is 0.875. The van der Waals surface area contributed by atoms with Crippen LogP contribution in [0.25, 0.3) is 0 Å². The second-order valence-electron chi connectivity index (χ2n) is 3.40. The molecule has 1 rings (SSSR count). The molecule has 0 saturated heterocycles. The predicted octanol–water partition coefficient (Wildman–Crippen LogP) is -0.746. The molecule has 0 amide bonds. The molecule has 0 spiro atoms. The minimum absolute atomic E-state index is 0.195. The predicted molar refractivity (Wildman–Crippen MR) is 43.4 cm³/mol. The van der Waals surface area contributed by atoms with Crippen LogP contribution in [0.3, 0.4) is 0 Å². The quantitative estimate of drug-likeness (QED) is 0.489. The van der Waals surface area contributed by atoms with E-state index in [9.17, 15) is 4.79 Å². The lowest BCUT2D eigenvalue weighted by Crippen LogP contribution is -2.49. The summed E-state index contributed by atoms with van der Waals surface area (Å²) in [6.45, 7) is 1.55. The van der Waals surface area contributed by atoms with Gasteiger partial charge in [-0.05, 0) is 25.7 Å². The molecule has 1 aliphatic carbocycles. The number of ketones is 1. The first-order valence-corrected chi connectivity index (χ1v) is 4.19. The number of nitrogens with one attached hydrogen (secondary N) is 1. The summed E-state index contributed by atoms with van der Waals surface area (Å²) in [4.78, 5) is 10.6. The summed E-state index contributed by atoms with van der Waals surface area (Å²) in [5.74, 6) is 0.0871. The third-order valence-electron chi connectivity index (χ3n) is 2.27. The molecular formula is C8H15NO3. The Morgan fingerprint density at radius 2 is 2.25 bits per heavy atom. The van der Waals surface area contributed by atoms with Crippen molar-refractivity contribution < 1.29 is 15.0 Å². The van der Waals surface area contributed by atoms with Crippen LogP contribution < -0.4 is 5.32 Å². The van der Waals surface area contributed by atoms with Crippen LogP contribution >= 0.6 is 0 Å². The summed E-state index contributed by atoms with van der Waals surface area (Å²) >= 11 is 0. The van der Waals surface area contributed by atoms with Crippen molar-refractivity contribution in [3.05, 3.63) is 0 Å². The zero-order chi connectivity index (χ0) is 9.14. The van der Waals surface area contributed by atoms with Gasteiger partial charge in [-0.25, -0.2) is 0 Å². The molecule has 0 heterocycles. The van der Waals surface area contributed by atoms with E-state index in [0.29, 0.717) is 5.92 Å². The Labute approximate surface area is 71.6 Å². The van der Waals surface area contributed by atoms with E-state index in [2.05, 4.69) is 5.32 Å². The van der Waals surface area contributed by atoms with Gasteiger partial charge in [0, 0.05) is 12.6 Å². The van der Waals surface area contributed by atoms with Crippen LogP contribution in [0, 0.1) is 5.92 Å². The fourth-order valence-electron chi connectivity index (χ4n) is 1.36. The highest BCUT2D eigenvalue weighted by Crippen LogP contribution is 2.26. The molecule has 12 heavy (non-hydrogen) atoms. The topological polar surface area (TPSA) is 69.6 Å². The van der Waals surface area contributed by atoms with Crippen molar-refractivity contribution in [1.29, 1.82) is 0 Å². The van der Waals surface area contributed by atoms with Gasteiger partial charge < -0.3 is 10.2 Å². The molecule has 3 N–H and O–H groups in total. The standard InChI is InChI=1S/C8H15NO3/c1-5(11)8(12)9-7-2-6(3-7)4-10/h6-10,12H,2-4H2,1H3. The summed E-state index contributed by atoms with van der Waals surface area (Å²) in [6, 6.07) is 0.195. The van der Waals surface area contributed by atoms with Gasteiger partial charge in [0.25, 0.3) is 0 Å². The molecular weight excluding hydrogens is 158 g/mol. The lowest BCUT2D eigenvalue weighted by atomic mass is 9.81. The van der Waals surface area contributed by atoms with Gasteiger partial charge in [-0.3, -0.25) is 10.1 Å². The molecule has 0 bridgehead atoms. The molecule has 1 saturated carbocycles. The average Bonchev–Trinajstić information content (AvgIpc) is 1.94. The molecule has 0 aromatic rings. The Morgan fingerprint density at radius 3 is 2.67 bits per heavy atom. The molecule has 1 fully saturated rings. The first-order valence-electron chi connectivity index (χ1n) is 4.19.